The van der Waals surface area contributed by atoms with Gasteiger partial charge in [-0.05, 0) is 12.0 Å². The highest BCUT2D eigenvalue weighted by Gasteiger charge is 2.19. The highest BCUT2D eigenvalue weighted by Crippen LogP contribution is 2.23. The molecule has 0 radical (unpaired) electrons. The van der Waals surface area contributed by atoms with E-state index < -0.39 is 4.92 Å². The molecular formula is C15H17N3O3S. The molecule has 1 aromatic carbocycles. The summed E-state index contributed by atoms with van der Waals surface area (Å²) in [7, 11) is 0. The zero-order valence-corrected chi connectivity index (χ0v) is 12.8. The number of hydrogen-bond donors (Lipinski definition) is 1. The summed E-state index contributed by atoms with van der Waals surface area (Å²) in [6.07, 6.45) is 0.721. The van der Waals surface area contributed by atoms with Crippen molar-refractivity contribution >= 4 is 22.2 Å². The predicted molar refractivity (Wildman–Crippen MR) is 86.1 cm³/mol. The van der Waals surface area contributed by atoms with Crippen LogP contribution in [0, 0.1) is 10.1 Å². The summed E-state index contributed by atoms with van der Waals surface area (Å²) in [5.41, 5.74) is 7.05. The molecule has 0 aliphatic heterocycles. The predicted octanol–water partition coefficient (Wildman–Crippen LogP) is 2.30. The van der Waals surface area contributed by atoms with Gasteiger partial charge in [0.2, 0.25) is 0 Å². The molecule has 0 saturated heterocycles. The molecule has 22 heavy (non-hydrogen) atoms. The second-order valence-corrected chi connectivity index (χ2v) is 5.64. The number of carbonyl (C=O) groups excluding carboxylic acids is 1. The Labute approximate surface area is 132 Å². The Balaban J connectivity index is 2.05. The molecule has 0 aliphatic carbocycles. The average molecular weight is 319 g/mol. The highest BCUT2D eigenvalue weighted by molar-refractivity contribution is 7.13. The minimum absolute atomic E-state index is 0.0286. The molecule has 0 bridgehead atoms. The fourth-order valence-electron chi connectivity index (χ4n) is 2.09. The van der Waals surface area contributed by atoms with Gasteiger partial charge in [0.15, 0.2) is 0 Å². The number of amides is 1. The number of carbonyl (C=O) groups is 1. The van der Waals surface area contributed by atoms with Gasteiger partial charge in [0.1, 0.15) is 0 Å². The molecule has 2 aromatic rings. The van der Waals surface area contributed by atoms with Crippen molar-refractivity contribution in [1.82, 2.24) is 4.90 Å². The fourth-order valence-corrected chi connectivity index (χ4v) is 2.79. The summed E-state index contributed by atoms with van der Waals surface area (Å²) in [6.45, 7) is 1.31. The quantitative estimate of drug-likeness (QED) is 0.626. The van der Waals surface area contributed by atoms with E-state index in [2.05, 4.69) is 0 Å². The molecule has 7 heteroatoms. The number of nitrogens with two attached hydrogens (primary N) is 1. The number of nitrogens with zero attached hydrogens (tertiary/aromatic N) is 2. The number of hydrogen-bond acceptors (Lipinski definition) is 5. The standard InChI is InChI=1S/C15H17N3O3S/c16-7-9-17(8-6-12-4-2-1-3-5-12)15(19)13-10-14(18(20)21)22-11-13/h1-5,10-11H,6-9,16H2. The Morgan fingerprint density at radius 1 is 1.27 bits per heavy atom. The van der Waals surface area contributed by atoms with Gasteiger partial charge in [0, 0.05) is 31.1 Å². The third-order valence-corrected chi connectivity index (χ3v) is 4.09. The van der Waals surface area contributed by atoms with Gasteiger partial charge in [-0.2, -0.15) is 0 Å². The summed E-state index contributed by atoms with van der Waals surface area (Å²) >= 11 is 0.958. The molecule has 0 aliphatic rings. The highest BCUT2D eigenvalue weighted by atomic mass is 32.1. The largest absolute Gasteiger partial charge is 0.337 e. The van der Waals surface area contributed by atoms with Crippen LogP contribution in [0.1, 0.15) is 15.9 Å². The fraction of sp³-hybridized carbons (Fsp3) is 0.267. The lowest BCUT2D eigenvalue weighted by atomic mass is 10.1. The Hall–Kier alpha value is -2.25. The molecule has 0 atom stereocenters. The van der Waals surface area contributed by atoms with Gasteiger partial charge >= 0.3 is 5.00 Å². The molecule has 0 spiro atoms. The second kappa shape index (κ2) is 7.67. The van der Waals surface area contributed by atoms with E-state index in [4.69, 9.17) is 5.73 Å². The van der Waals surface area contributed by atoms with Crippen LogP contribution >= 0.6 is 11.3 Å². The summed E-state index contributed by atoms with van der Waals surface area (Å²) in [5.74, 6) is -0.217. The van der Waals surface area contributed by atoms with Crippen molar-refractivity contribution in [2.75, 3.05) is 19.6 Å². The van der Waals surface area contributed by atoms with Crippen molar-refractivity contribution in [3.05, 3.63) is 63.0 Å². The van der Waals surface area contributed by atoms with Crippen LogP contribution in [0.25, 0.3) is 0 Å². The normalized spacial score (nSPS) is 10.4. The summed E-state index contributed by atoms with van der Waals surface area (Å²) < 4.78 is 0. The lowest BCUT2D eigenvalue weighted by Gasteiger charge is -2.21. The van der Waals surface area contributed by atoms with Crippen LogP contribution in [0.2, 0.25) is 0 Å². The van der Waals surface area contributed by atoms with E-state index in [-0.39, 0.29) is 10.9 Å². The topological polar surface area (TPSA) is 89.5 Å². The SMILES string of the molecule is NCCN(CCc1ccccc1)C(=O)c1csc([N+](=O)[O-])c1. The molecule has 116 valence electrons. The van der Waals surface area contributed by atoms with Crippen LogP contribution in [-0.2, 0) is 6.42 Å². The minimum Gasteiger partial charge on any atom is -0.337 e. The second-order valence-electron chi connectivity index (χ2n) is 4.75. The van der Waals surface area contributed by atoms with Crippen LogP contribution < -0.4 is 5.73 Å². The molecule has 0 saturated carbocycles. The zero-order valence-electron chi connectivity index (χ0n) is 12.0. The van der Waals surface area contributed by atoms with Gasteiger partial charge in [-0.3, -0.25) is 14.9 Å². The van der Waals surface area contributed by atoms with E-state index in [0.717, 1.165) is 23.3 Å². The molecule has 0 unspecified atom stereocenters. The van der Waals surface area contributed by atoms with E-state index in [9.17, 15) is 14.9 Å². The van der Waals surface area contributed by atoms with Gasteiger partial charge in [-0.15, -0.1) is 0 Å². The first-order valence-corrected chi connectivity index (χ1v) is 7.76. The molecule has 6 nitrogen and oxygen atoms in total. The van der Waals surface area contributed by atoms with Crippen molar-refractivity contribution in [2.24, 2.45) is 5.73 Å². The number of thiophene rings is 1. The lowest BCUT2D eigenvalue weighted by molar-refractivity contribution is -0.380. The Morgan fingerprint density at radius 2 is 2.00 bits per heavy atom. The maximum atomic E-state index is 12.4. The minimum atomic E-state index is -0.487. The third kappa shape index (κ3) is 4.12. The van der Waals surface area contributed by atoms with Crippen LogP contribution in [-0.4, -0.2) is 35.4 Å². The lowest BCUT2D eigenvalue weighted by Crippen LogP contribution is -2.36. The monoisotopic (exact) mass is 319 g/mol. The third-order valence-electron chi connectivity index (χ3n) is 3.21. The first-order valence-electron chi connectivity index (χ1n) is 6.88. The maximum absolute atomic E-state index is 12.4. The Kier molecular flexibility index (Phi) is 5.62. The molecule has 0 fully saturated rings. The van der Waals surface area contributed by atoms with Crippen molar-refractivity contribution < 1.29 is 9.72 Å². The molecule has 2 rings (SSSR count). The number of benzene rings is 1. The van der Waals surface area contributed by atoms with Crippen LogP contribution in [0.4, 0.5) is 5.00 Å². The summed E-state index contributed by atoms with van der Waals surface area (Å²) in [6, 6.07) is 11.2. The average Bonchev–Trinajstić information content (AvgIpc) is 3.02. The van der Waals surface area contributed by atoms with Crippen molar-refractivity contribution in [3.8, 4) is 0 Å². The van der Waals surface area contributed by atoms with E-state index >= 15 is 0 Å². The maximum Gasteiger partial charge on any atom is 0.324 e. The van der Waals surface area contributed by atoms with Gasteiger partial charge in [-0.25, -0.2) is 0 Å². The van der Waals surface area contributed by atoms with E-state index in [1.54, 1.807) is 4.90 Å². The van der Waals surface area contributed by atoms with Crippen LogP contribution in [0.5, 0.6) is 0 Å². The van der Waals surface area contributed by atoms with E-state index in [0.29, 0.717) is 25.2 Å². The van der Waals surface area contributed by atoms with Crippen molar-refractivity contribution in [2.45, 2.75) is 6.42 Å². The molecule has 2 N–H and O–H groups in total. The first-order chi connectivity index (χ1) is 10.6. The Morgan fingerprint density at radius 3 is 2.59 bits per heavy atom. The molecular weight excluding hydrogens is 302 g/mol. The van der Waals surface area contributed by atoms with Gasteiger partial charge in [0.05, 0.1) is 10.5 Å². The van der Waals surface area contributed by atoms with Gasteiger partial charge < -0.3 is 10.6 Å². The van der Waals surface area contributed by atoms with E-state index in [1.807, 2.05) is 30.3 Å². The number of rotatable bonds is 7. The zero-order chi connectivity index (χ0) is 15.9. The molecule has 1 aromatic heterocycles. The van der Waals surface area contributed by atoms with Crippen molar-refractivity contribution in [1.29, 1.82) is 0 Å². The smallest absolute Gasteiger partial charge is 0.324 e. The summed E-state index contributed by atoms with van der Waals surface area (Å²) in [4.78, 5) is 24.3. The molecule has 1 heterocycles. The van der Waals surface area contributed by atoms with Crippen LogP contribution in [0.3, 0.4) is 0 Å². The number of nitro groups is 1. The summed E-state index contributed by atoms with van der Waals surface area (Å²) in [5, 5.41) is 12.2. The van der Waals surface area contributed by atoms with Crippen molar-refractivity contribution in [3.63, 3.8) is 0 Å². The van der Waals surface area contributed by atoms with Crippen LogP contribution in [0.15, 0.2) is 41.8 Å². The Bertz CT molecular complexity index is 642. The molecule has 1 amide bonds. The van der Waals surface area contributed by atoms with Gasteiger partial charge in [0.25, 0.3) is 5.91 Å². The first kappa shape index (κ1) is 16.1. The van der Waals surface area contributed by atoms with E-state index in [1.165, 1.54) is 11.4 Å². The van der Waals surface area contributed by atoms with Gasteiger partial charge in [-0.1, -0.05) is 41.7 Å².